The van der Waals surface area contributed by atoms with Crippen LogP contribution in [0.3, 0.4) is 0 Å². The summed E-state index contributed by atoms with van der Waals surface area (Å²) in [6.07, 6.45) is -0.415. The second-order valence-corrected chi connectivity index (χ2v) is 10.1. The quantitative estimate of drug-likeness (QED) is 0.305. The number of anilines is 2. The molecule has 2 fully saturated rings. The highest BCUT2D eigenvalue weighted by Gasteiger charge is 2.35. The summed E-state index contributed by atoms with van der Waals surface area (Å²) in [6.45, 7) is 4.87. The predicted octanol–water partition coefficient (Wildman–Crippen LogP) is 5.25. The van der Waals surface area contributed by atoms with Crippen LogP contribution in [0.1, 0.15) is 39.0 Å². The van der Waals surface area contributed by atoms with Gasteiger partial charge in [0.25, 0.3) is 0 Å². The van der Waals surface area contributed by atoms with Gasteiger partial charge in [-0.1, -0.05) is 31.4 Å². The molecule has 0 N–H and O–H groups in total. The minimum absolute atomic E-state index is 0.144. The molecule has 0 atom stereocenters. The van der Waals surface area contributed by atoms with E-state index in [1.165, 1.54) is 30.0 Å². The molecule has 2 aromatic rings. The van der Waals surface area contributed by atoms with E-state index in [0.29, 0.717) is 44.2 Å². The number of hydrogen-bond acceptors (Lipinski definition) is 7. The zero-order valence-corrected chi connectivity index (χ0v) is 22.9. The Labute approximate surface area is 232 Å². The number of nitrogens with zero attached hydrogens (tertiary/aromatic N) is 3. The first-order valence-corrected chi connectivity index (χ1v) is 13.6. The molecule has 1 amide bonds. The third-order valence-electron chi connectivity index (χ3n) is 7.37. The molecule has 0 bridgehead atoms. The average molecular weight is 564 g/mol. The van der Waals surface area contributed by atoms with Crippen molar-refractivity contribution in [1.82, 2.24) is 4.90 Å². The lowest BCUT2D eigenvalue weighted by Gasteiger charge is -2.38. The summed E-state index contributed by atoms with van der Waals surface area (Å²) < 4.78 is 54.5. The predicted molar refractivity (Wildman–Crippen MR) is 145 cm³/mol. The van der Waals surface area contributed by atoms with E-state index < -0.39 is 12.3 Å². The first kappa shape index (κ1) is 29.5. The maximum absolute atomic E-state index is 13.6. The highest BCUT2D eigenvalue weighted by Crippen LogP contribution is 2.36. The molecule has 0 aromatic heterocycles. The third-order valence-corrected chi connectivity index (χ3v) is 7.37. The van der Waals surface area contributed by atoms with E-state index in [1.807, 2.05) is 6.07 Å². The van der Waals surface area contributed by atoms with Crippen LogP contribution in [0.4, 0.5) is 24.5 Å². The molecule has 11 heteroatoms. The number of methoxy groups -OCH3 is 1. The molecule has 1 aliphatic heterocycles. The van der Waals surface area contributed by atoms with E-state index in [9.17, 15) is 22.8 Å². The number of amides is 1. The van der Waals surface area contributed by atoms with Gasteiger partial charge in [-0.25, -0.2) is 0 Å². The number of rotatable bonds is 9. The number of ether oxygens (including phenoxy) is 3. The van der Waals surface area contributed by atoms with E-state index in [-0.39, 0.29) is 29.8 Å². The van der Waals surface area contributed by atoms with Crippen molar-refractivity contribution in [2.75, 3.05) is 56.2 Å². The van der Waals surface area contributed by atoms with E-state index >= 15 is 0 Å². The molecule has 0 radical (unpaired) electrons. The van der Waals surface area contributed by atoms with Gasteiger partial charge in [-0.05, 0) is 37.1 Å². The second-order valence-electron chi connectivity index (χ2n) is 10.1. The maximum atomic E-state index is 13.6. The van der Waals surface area contributed by atoms with Crippen molar-refractivity contribution in [2.24, 2.45) is 5.92 Å². The SMILES string of the molecule is COc1cc(OC(C)=O)ccc1N1CCN(CCN(C(=O)C2CCCCC2)c2ccccc2OC(F)(F)F)CC1. The Hall–Kier alpha value is -3.47. The molecule has 1 saturated heterocycles. The first-order chi connectivity index (χ1) is 19.1. The van der Waals surface area contributed by atoms with Crippen LogP contribution in [0, 0.1) is 5.92 Å². The zero-order valence-electron chi connectivity index (χ0n) is 22.9. The number of alkyl halides is 3. The van der Waals surface area contributed by atoms with Gasteiger partial charge >= 0.3 is 12.3 Å². The van der Waals surface area contributed by atoms with Crippen molar-refractivity contribution in [3.63, 3.8) is 0 Å². The van der Waals surface area contributed by atoms with Crippen molar-refractivity contribution in [1.29, 1.82) is 0 Å². The summed E-state index contributed by atoms with van der Waals surface area (Å²) in [4.78, 5) is 30.8. The van der Waals surface area contributed by atoms with E-state index in [2.05, 4.69) is 14.5 Å². The van der Waals surface area contributed by atoms with E-state index in [1.54, 1.807) is 25.3 Å². The van der Waals surface area contributed by atoms with Gasteiger partial charge in [0.05, 0.1) is 18.5 Å². The largest absolute Gasteiger partial charge is 0.573 e. The van der Waals surface area contributed by atoms with Crippen LogP contribution in [0.15, 0.2) is 42.5 Å². The molecule has 0 unspecified atom stereocenters. The van der Waals surface area contributed by atoms with Gasteiger partial charge in [0.15, 0.2) is 5.75 Å². The number of esters is 1. The van der Waals surface area contributed by atoms with E-state index in [4.69, 9.17) is 9.47 Å². The van der Waals surface area contributed by atoms with Crippen LogP contribution in [-0.4, -0.2) is 69.5 Å². The highest BCUT2D eigenvalue weighted by atomic mass is 19.4. The lowest BCUT2D eigenvalue weighted by atomic mass is 9.88. The van der Waals surface area contributed by atoms with Gasteiger partial charge in [-0.2, -0.15) is 0 Å². The number of carbonyl (C=O) groups excluding carboxylic acids is 2. The van der Waals surface area contributed by atoms with Gasteiger partial charge in [0.2, 0.25) is 5.91 Å². The Morgan fingerprint density at radius 1 is 0.975 bits per heavy atom. The Kier molecular flexibility index (Phi) is 9.78. The number of piperazine rings is 1. The molecule has 8 nitrogen and oxygen atoms in total. The lowest BCUT2D eigenvalue weighted by molar-refractivity contribution is -0.274. The first-order valence-electron chi connectivity index (χ1n) is 13.6. The average Bonchev–Trinajstić information content (AvgIpc) is 2.93. The van der Waals surface area contributed by atoms with Gasteiger partial charge in [0.1, 0.15) is 11.5 Å². The van der Waals surface area contributed by atoms with Crippen LogP contribution in [-0.2, 0) is 9.59 Å². The summed E-state index contributed by atoms with van der Waals surface area (Å²) in [6, 6.07) is 11.1. The topological polar surface area (TPSA) is 71.6 Å². The van der Waals surface area contributed by atoms with Crippen molar-refractivity contribution < 1.29 is 37.0 Å². The molecule has 4 rings (SSSR count). The summed E-state index contributed by atoms with van der Waals surface area (Å²) in [5, 5.41) is 0. The van der Waals surface area contributed by atoms with Crippen LogP contribution in [0.5, 0.6) is 17.2 Å². The lowest BCUT2D eigenvalue weighted by Crippen LogP contribution is -2.49. The summed E-state index contributed by atoms with van der Waals surface area (Å²) >= 11 is 0. The van der Waals surface area contributed by atoms with Gasteiger partial charge in [0, 0.05) is 58.2 Å². The molecule has 40 heavy (non-hydrogen) atoms. The summed E-state index contributed by atoms with van der Waals surface area (Å²) in [5.41, 5.74) is 1.03. The standard InChI is InChI=1S/C29H36F3N3O5/c1-21(36)39-23-12-13-24(27(20-23)38-2)34-17-14-33(15-18-34)16-19-35(28(37)22-8-4-3-5-9-22)25-10-6-7-11-26(25)40-29(30,31)32/h6-7,10-13,20,22H,3-5,8-9,14-19H2,1-2H3. The summed E-state index contributed by atoms with van der Waals surface area (Å²) in [5.74, 6) is -0.122. The highest BCUT2D eigenvalue weighted by molar-refractivity contribution is 5.96. The smallest absolute Gasteiger partial charge is 0.494 e. The maximum Gasteiger partial charge on any atom is 0.573 e. The normalized spacial score (nSPS) is 16.9. The minimum Gasteiger partial charge on any atom is -0.494 e. The van der Waals surface area contributed by atoms with Crippen LogP contribution >= 0.6 is 0 Å². The molecule has 1 heterocycles. The van der Waals surface area contributed by atoms with Crippen molar-refractivity contribution in [3.8, 4) is 17.2 Å². The third kappa shape index (κ3) is 7.80. The number of hydrogen-bond donors (Lipinski definition) is 0. The molecule has 218 valence electrons. The Bertz CT molecular complexity index is 1160. The van der Waals surface area contributed by atoms with Crippen LogP contribution in [0.25, 0.3) is 0 Å². The van der Waals surface area contributed by atoms with Crippen LogP contribution in [0.2, 0.25) is 0 Å². The molecule has 1 aliphatic carbocycles. The van der Waals surface area contributed by atoms with Crippen molar-refractivity contribution in [2.45, 2.75) is 45.4 Å². The molecule has 2 aromatic carbocycles. The van der Waals surface area contributed by atoms with E-state index in [0.717, 1.165) is 37.8 Å². The Morgan fingerprint density at radius 3 is 2.33 bits per heavy atom. The minimum atomic E-state index is -4.86. The number of carbonyl (C=O) groups is 2. The van der Waals surface area contributed by atoms with Crippen molar-refractivity contribution in [3.05, 3.63) is 42.5 Å². The second kappa shape index (κ2) is 13.3. The van der Waals surface area contributed by atoms with Crippen LogP contribution < -0.4 is 24.0 Å². The summed E-state index contributed by atoms with van der Waals surface area (Å²) in [7, 11) is 1.56. The molecule has 2 aliphatic rings. The molecule has 1 saturated carbocycles. The molecule has 0 spiro atoms. The molecular formula is C29H36F3N3O5. The molecular weight excluding hydrogens is 527 g/mol. The number of benzene rings is 2. The monoisotopic (exact) mass is 563 g/mol. The number of halogens is 3. The fourth-order valence-electron chi connectivity index (χ4n) is 5.41. The van der Waals surface area contributed by atoms with Gasteiger partial charge in [-0.15, -0.1) is 13.2 Å². The Balaban J connectivity index is 1.44. The van der Waals surface area contributed by atoms with Gasteiger partial charge < -0.3 is 24.0 Å². The Morgan fingerprint density at radius 2 is 1.68 bits per heavy atom. The van der Waals surface area contributed by atoms with Gasteiger partial charge in [-0.3, -0.25) is 14.5 Å². The number of para-hydroxylation sites is 2. The fourth-order valence-corrected chi connectivity index (χ4v) is 5.41. The fraction of sp³-hybridized carbons (Fsp3) is 0.517. The van der Waals surface area contributed by atoms with Crippen molar-refractivity contribution >= 4 is 23.3 Å². The zero-order chi connectivity index (χ0) is 28.7.